The number of hydrogen-bond donors (Lipinski definition) is 2. The predicted molar refractivity (Wildman–Crippen MR) is 86.0 cm³/mol. The summed E-state index contributed by atoms with van der Waals surface area (Å²) in [4.78, 5) is 2.19. The second-order valence-electron chi connectivity index (χ2n) is 5.25. The van der Waals surface area contributed by atoms with Gasteiger partial charge in [-0.1, -0.05) is 18.2 Å². The van der Waals surface area contributed by atoms with Crippen LogP contribution in [0.25, 0.3) is 10.8 Å². The number of halogens is 2. The Kier molecular flexibility index (Phi) is 5.39. The van der Waals surface area contributed by atoms with Gasteiger partial charge < -0.3 is 10.4 Å². The van der Waals surface area contributed by atoms with Gasteiger partial charge in [-0.05, 0) is 34.5 Å². The van der Waals surface area contributed by atoms with Crippen molar-refractivity contribution in [2.75, 3.05) is 32.9 Å². The molecule has 0 amide bonds. The summed E-state index contributed by atoms with van der Waals surface area (Å²) >= 11 is 0. The minimum absolute atomic E-state index is 0. The molecule has 0 aliphatic carbocycles. The maximum Gasteiger partial charge on any atom is 0.116 e. The highest BCUT2D eigenvalue weighted by atomic mass is 35.5. The van der Waals surface area contributed by atoms with Crippen molar-refractivity contribution in [3.63, 3.8) is 0 Å². The Morgan fingerprint density at radius 1 is 1.10 bits per heavy atom. The Morgan fingerprint density at radius 3 is 2.48 bits per heavy atom. The molecule has 0 saturated carbocycles. The lowest BCUT2D eigenvalue weighted by atomic mass is 10.0. The number of phenolic OH excluding ortho intramolecular Hbond substituents is 1. The maximum atomic E-state index is 13.5. The number of hydrogen-bond acceptors (Lipinski definition) is 3. The number of nitrogens with zero attached hydrogens (tertiary/aromatic N) is 1. The van der Waals surface area contributed by atoms with E-state index in [1.54, 1.807) is 12.1 Å². The van der Waals surface area contributed by atoms with Crippen molar-refractivity contribution >= 4 is 23.2 Å². The highest BCUT2D eigenvalue weighted by Gasteiger charge is 2.22. The average molecular weight is 311 g/mol. The van der Waals surface area contributed by atoms with E-state index in [9.17, 15) is 9.50 Å². The van der Waals surface area contributed by atoms with Crippen LogP contribution < -0.4 is 5.32 Å². The van der Waals surface area contributed by atoms with Crippen molar-refractivity contribution in [1.29, 1.82) is 0 Å². The van der Waals surface area contributed by atoms with E-state index >= 15 is 0 Å². The highest BCUT2D eigenvalue weighted by Crippen LogP contribution is 2.27. The minimum Gasteiger partial charge on any atom is -0.508 e. The Bertz CT molecular complexity index is 602. The molecular weight excluding hydrogens is 291 g/mol. The molecule has 1 heterocycles. The summed E-state index contributed by atoms with van der Waals surface area (Å²) in [6.45, 7) is 3.21. The predicted octanol–water partition coefficient (Wildman–Crippen LogP) is 2.88. The zero-order valence-corrected chi connectivity index (χ0v) is 12.6. The van der Waals surface area contributed by atoms with Crippen LogP contribution in [-0.4, -0.2) is 42.9 Å². The SMILES string of the molecule is Cl.Oc1ccc2cc([C@@H](CF)N3CCNCC3)ccc2c1. The summed E-state index contributed by atoms with van der Waals surface area (Å²) in [5, 5.41) is 14.8. The van der Waals surface area contributed by atoms with Crippen molar-refractivity contribution in [3.8, 4) is 5.75 Å². The van der Waals surface area contributed by atoms with Gasteiger partial charge in [0.25, 0.3) is 0 Å². The Labute approximate surface area is 130 Å². The molecule has 1 atom stereocenters. The Morgan fingerprint density at radius 2 is 1.76 bits per heavy atom. The molecule has 1 aliphatic rings. The third-order valence-electron chi connectivity index (χ3n) is 3.97. The van der Waals surface area contributed by atoms with Crippen LogP contribution in [-0.2, 0) is 0 Å². The summed E-state index contributed by atoms with van der Waals surface area (Å²) in [6, 6.07) is 11.1. The van der Waals surface area contributed by atoms with Gasteiger partial charge in [-0.15, -0.1) is 12.4 Å². The van der Waals surface area contributed by atoms with Gasteiger partial charge in [0.15, 0.2) is 0 Å². The number of alkyl halides is 1. The van der Waals surface area contributed by atoms with E-state index in [1.807, 2.05) is 24.3 Å². The van der Waals surface area contributed by atoms with Crippen molar-refractivity contribution in [2.45, 2.75) is 6.04 Å². The van der Waals surface area contributed by atoms with Gasteiger partial charge >= 0.3 is 0 Å². The fourth-order valence-electron chi connectivity index (χ4n) is 2.85. The zero-order chi connectivity index (χ0) is 13.9. The molecule has 0 radical (unpaired) electrons. The topological polar surface area (TPSA) is 35.5 Å². The van der Waals surface area contributed by atoms with Crippen LogP contribution in [0, 0.1) is 0 Å². The number of aromatic hydroxyl groups is 1. The lowest BCUT2D eigenvalue weighted by Crippen LogP contribution is -2.45. The van der Waals surface area contributed by atoms with Gasteiger partial charge in [-0.2, -0.15) is 0 Å². The monoisotopic (exact) mass is 310 g/mol. The number of piperazine rings is 1. The molecule has 3 nitrogen and oxygen atoms in total. The third-order valence-corrected chi connectivity index (χ3v) is 3.97. The second kappa shape index (κ2) is 7.07. The van der Waals surface area contributed by atoms with Gasteiger partial charge in [0.05, 0.1) is 6.04 Å². The van der Waals surface area contributed by atoms with E-state index < -0.39 is 0 Å². The van der Waals surface area contributed by atoms with E-state index in [0.29, 0.717) is 0 Å². The van der Waals surface area contributed by atoms with E-state index in [2.05, 4.69) is 10.2 Å². The highest BCUT2D eigenvalue weighted by molar-refractivity contribution is 5.85. The van der Waals surface area contributed by atoms with Gasteiger partial charge in [0.2, 0.25) is 0 Å². The summed E-state index contributed by atoms with van der Waals surface area (Å²) in [5.74, 6) is 0.259. The van der Waals surface area contributed by atoms with Crippen molar-refractivity contribution < 1.29 is 9.50 Å². The van der Waals surface area contributed by atoms with E-state index in [0.717, 1.165) is 42.5 Å². The fourth-order valence-corrected chi connectivity index (χ4v) is 2.85. The summed E-state index contributed by atoms with van der Waals surface area (Å²) < 4.78 is 13.5. The quantitative estimate of drug-likeness (QED) is 0.915. The summed E-state index contributed by atoms with van der Waals surface area (Å²) in [7, 11) is 0. The van der Waals surface area contributed by atoms with Gasteiger partial charge in [-0.3, -0.25) is 4.90 Å². The van der Waals surface area contributed by atoms with E-state index in [-0.39, 0.29) is 30.9 Å². The third kappa shape index (κ3) is 3.46. The molecule has 1 fully saturated rings. The smallest absolute Gasteiger partial charge is 0.116 e. The standard InChI is InChI=1S/C16H19FN2O.ClH/c17-11-16(19-7-5-18-6-8-19)14-2-1-13-10-15(20)4-3-12(13)9-14;/h1-4,9-10,16,18,20H,5-8,11H2;1H/t16-;/m1./s1. The van der Waals surface area contributed by atoms with Gasteiger partial charge in [-0.25, -0.2) is 4.39 Å². The molecule has 0 unspecified atom stereocenters. The zero-order valence-electron chi connectivity index (χ0n) is 11.8. The largest absolute Gasteiger partial charge is 0.508 e. The van der Waals surface area contributed by atoms with Crippen LogP contribution in [0.5, 0.6) is 5.75 Å². The van der Waals surface area contributed by atoms with Crippen LogP contribution in [0.15, 0.2) is 36.4 Å². The molecule has 114 valence electrons. The van der Waals surface area contributed by atoms with Crippen molar-refractivity contribution in [1.82, 2.24) is 10.2 Å². The Balaban J connectivity index is 0.00000161. The van der Waals surface area contributed by atoms with E-state index in [4.69, 9.17) is 0 Å². The molecular formula is C16H20ClFN2O. The maximum absolute atomic E-state index is 13.5. The van der Waals surface area contributed by atoms with Crippen molar-refractivity contribution in [3.05, 3.63) is 42.0 Å². The molecule has 5 heteroatoms. The molecule has 0 spiro atoms. The molecule has 3 rings (SSSR count). The molecule has 1 saturated heterocycles. The molecule has 1 aliphatic heterocycles. The first-order chi connectivity index (χ1) is 9.78. The minimum atomic E-state index is -0.371. The normalized spacial score (nSPS) is 17.4. The molecule has 0 bridgehead atoms. The molecule has 2 aromatic carbocycles. The van der Waals surface area contributed by atoms with Crippen LogP contribution in [0.2, 0.25) is 0 Å². The van der Waals surface area contributed by atoms with E-state index in [1.165, 1.54) is 0 Å². The lowest BCUT2D eigenvalue weighted by molar-refractivity contribution is 0.147. The lowest BCUT2D eigenvalue weighted by Gasteiger charge is -2.33. The van der Waals surface area contributed by atoms with Crippen LogP contribution in [0.4, 0.5) is 4.39 Å². The second-order valence-corrected chi connectivity index (χ2v) is 5.25. The van der Waals surface area contributed by atoms with Crippen LogP contribution >= 0.6 is 12.4 Å². The molecule has 21 heavy (non-hydrogen) atoms. The number of benzene rings is 2. The van der Waals surface area contributed by atoms with Crippen molar-refractivity contribution in [2.24, 2.45) is 0 Å². The number of phenols is 1. The molecule has 2 aromatic rings. The summed E-state index contributed by atoms with van der Waals surface area (Å²) in [6.07, 6.45) is 0. The first-order valence-electron chi connectivity index (χ1n) is 7.01. The molecule has 0 aromatic heterocycles. The molecule has 2 N–H and O–H groups in total. The number of fused-ring (bicyclic) bond motifs is 1. The number of rotatable bonds is 3. The number of nitrogens with one attached hydrogen (secondary N) is 1. The van der Waals surface area contributed by atoms with Crippen LogP contribution in [0.3, 0.4) is 0 Å². The van der Waals surface area contributed by atoms with Gasteiger partial charge in [0.1, 0.15) is 12.4 Å². The van der Waals surface area contributed by atoms with Crippen LogP contribution in [0.1, 0.15) is 11.6 Å². The van der Waals surface area contributed by atoms with Gasteiger partial charge in [0, 0.05) is 26.2 Å². The summed E-state index contributed by atoms with van der Waals surface area (Å²) in [5.41, 5.74) is 1.01. The fraction of sp³-hybridized carbons (Fsp3) is 0.375. The average Bonchev–Trinajstić information content (AvgIpc) is 2.49. The first kappa shape index (κ1) is 16.0. The Hall–Kier alpha value is -1.36. The first-order valence-corrected chi connectivity index (χ1v) is 7.01.